The van der Waals surface area contributed by atoms with Crippen molar-refractivity contribution in [3.63, 3.8) is 0 Å². The molecule has 4 nitrogen and oxygen atoms in total. The minimum absolute atomic E-state index is 0.109. The Labute approximate surface area is 199 Å². The maximum absolute atomic E-state index is 14.5. The van der Waals surface area contributed by atoms with E-state index in [1.807, 2.05) is 36.4 Å². The van der Waals surface area contributed by atoms with Crippen LogP contribution >= 0.6 is 11.6 Å². The number of aliphatic hydroxyl groups is 1. The molecule has 0 bridgehead atoms. The maximum atomic E-state index is 14.5. The Hall–Kier alpha value is -2.91. The Morgan fingerprint density at radius 1 is 1.03 bits per heavy atom. The van der Waals surface area contributed by atoms with Crippen molar-refractivity contribution < 1.29 is 14.2 Å². The SMILES string of the molecule is OCC1CCN(CCOc2ccc(C#Cc3ncc(-c4ccc(Cl)cc4)cc3F)cc2)CC1. The van der Waals surface area contributed by atoms with Gasteiger partial charge in [-0.2, -0.15) is 0 Å². The van der Waals surface area contributed by atoms with Gasteiger partial charge in [-0.25, -0.2) is 9.37 Å². The summed E-state index contributed by atoms with van der Waals surface area (Å²) in [6.07, 6.45) is 3.70. The number of halogens is 2. The van der Waals surface area contributed by atoms with E-state index in [4.69, 9.17) is 16.3 Å². The summed E-state index contributed by atoms with van der Waals surface area (Å²) in [5.41, 5.74) is 2.39. The van der Waals surface area contributed by atoms with Gasteiger partial charge in [0.15, 0.2) is 5.82 Å². The molecule has 0 saturated carbocycles. The van der Waals surface area contributed by atoms with Gasteiger partial charge in [0.05, 0.1) is 0 Å². The normalized spacial score (nSPS) is 14.5. The average Bonchev–Trinajstić information content (AvgIpc) is 2.85. The van der Waals surface area contributed by atoms with Crippen molar-refractivity contribution in [1.82, 2.24) is 9.88 Å². The number of hydrogen-bond acceptors (Lipinski definition) is 4. The summed E-state index contributed by atoms with van der Waals surface area (Å²) in [4.78, 5) is 6.55. The van der Waals surface area contributed by atoms with Gasteiger partial charge >= 0.3 is 0 Å². The number of rotatable bonds is 6. The lowest BCUT2D eigenvalue weighted by Crippen LogP contribution is -2.37. The van der Waals surface area contributed by atoms with Crippen LogP contribution in [0.3, 0.4) is 0 Å². The smallest absolute Gasteiger partial charge is 0.158 e. The molecule has 0 aliphatic carbocycles. The zero-order valence-corrected chi connectivity index (χ0v) is 19.1. The average molecular weight is 465 g/mol. The van der Waals surface area contributed by atoms with Crippen LogP contribution in [0, 0.1) is 23.6 Å². The van der Waals surface area contributed by atoms with E-state index in [1.165, 1.54) is 6.07 Å². The Balaban J connectivity index is 1.30. The fraction of sp³-hybridized carbons (Fsp3) is 0.296. The van der Waals surface area contributed by atoms with Crippen molar-refractivity contribution >= 4 is 11.6 Å². The van der Waals surface area contributed by atoms with Gasteiger partial charge in [-0.05, 0) is 85.8 Å². The van der Waals surface area contributed by atoms with E-state index >= 15 is 0 Å². The Morgan fingerprint density at radius 2 is 1.76 bits per heavy atom. The van der Waals surface area contributed by atoms with Crippen LogP contribution in [-0.4, -0.2) is 47.8 Å². The summed E-state index contributed by atoms with van der Waals surface area (Å²) in [7, 11) is 0. The van der Waals surface area contributed by atoms with Crippen LogP contribution in [0.2, 0.25) is 5.02 Å². The second-order valence-corrected chi connectivity index (χ2v) is 8.59. The van der Waals surface area contributed by atoms with Crippen LogP contribution < -0.4 is 4.74 Å². The lowest BCUT2D eigenvalue weighted by molar-refractivity contribution is 0.119. The van der Waals surface area contributed by atoms with Gasteiger partial charge in [-0.3, -0.25) is 4.90 Å². The van der Waals surface area contributed by atoms with Crippen LogP contribution in [0.15, 0.2) is 60.8 Å². The molecule has 33 heavy (non-hydrogen) atoms. The number of aliphatic hydroxyl groups excluding tert-OH is 1. The molecule has 0 unspecified atom stereocenters. The molecule has 0 atom stereocenters. The summed E-state index contributed by atoms with van der Waals surface area (Å²) in [5, 5.41) is 9.85. The van der Waals surface area contributed by atoms with Gasteiger partial charge in [0.2, 0.25) is 0 Å². The molecule has 2 aromatic carbocycles. The van der Waals surface area contributed by atoms with Crippen LogP contribution in [0.1, 0.15) is 24.1 Å². The van der Waals surface area contributed by atoms with Gasteiger partial charge < -0.3 is 9.84 Å². The topological polar surface area (TPSA) is 45.6 Å². The first kappa shape index (κ1) is 23.3. The molecule has 0 radical (unpaired) electrons. The Morgan fingerprint density at radius 3 is 2.42 bits per heavy atom. The van der Waals surface area contributed by atoms with Gasteiger partial charge in [-0.1, -0.05) is 29.7 Å². The largest absolute Gasteiger partial charge is 0.492 e. The zero-order chi connectivity index (χ0) is 23.0. The molecule has 4 rings (SSSR count). The van der Waals surface area contributed by atoms with E-state index in [-0.39, 0.29) is 12.3 Å². The molecule has 170 valence electrons. The molecular weight excluding hydrogens is 439 g/mol. The number of nitrogens with zero attached hydrogens (tertiary/aromatic N) is 2. The third-order valence-electron chi connectivity index (χ3n) is 5.84. The third kappa shape index (κ3) is 6.55. The van der Waals surface area contributed by atoms with Gasteiger partial charge in [0.25, 0.3) is 0 Å². The lowest BCUT2D eigenvalue weighted by Gasteiger charge is -2.30. The van der Waals surface area contributed by atoms with Crippen LogP contribution in [0.5, 0.6) is 5.75 Å². The first-order chi connectivity index (χ1) is 16.1. The Kier molecular flexibility index (Phi) is 7.96. The number of benzene rings is 2. The van der Waals surface area contributed by atoms with E-state index in [2.05, 4.69) is 21.7 Å². The second-order valence-electron chi connectivity index (χ2n) is 8.15. The van der Waals surface area contributed by atoms with Gasteiger partial charge in [0, 0.05) is 35.5 Å². The van der Waals surface area contributed by atoms with Crippen molar-refractivity contribution in [2.75, 3.05) is 32.8 Å². The van der Waals surface area contributed by atoms with Gasteiger partial charge in [-0.15, -0.1) is 0 Å². The van der Waals surface area contributed by atoms with E-state index < -0.39 is 5.82 Å². The number of hydrogen-bond donors (Lipinski definition) is 1. The predicted octanol–water partition coefficient (Wildman–Crippen LogP) is 5.02. The first-order valence-corrected chi connectivity index (χ1v) is 11.5. The molecule has 3 aromatic rings. The quantitative estimate of drug-likeness (QED) is 0.520. The molecule has 0 spiro atoms. The standard InChI is InChI=1S/C27H26ClFN2O2/c28-24-6-4-22(5-7-24)23-17-26(29)27(30-18-23)10-3-20-1-8-25(9-2-20)33-16-15-31-13-11-21(19-32)12-14-31/h1-2,4-9,17-18,21,32H,11-16,19H2. The number of aromatic nitrogens is 1. The molecule has 6 heteroatoms. The molecule has 1 aliphatic heterocycles. The van der Waals surface area contributed by atoms with Crippen molar-refractivity contribution in [2.24, 2.45) is 5.92 Å². The summed E-state index contributed by atoms with van der Waals surface area (Å²) in [6.45, 7) is 3.79. The molecule has 1 aromatic heterocycles. The maximum Gasteiger partial charge on any atom is 0.158 e. The van der Waals surface area contributed by atoms with Crippen molar-refractivity contribution in [1.29, 1.82) is 0 Å². The summed E-state index contributed by atoms with van der Waals surface area (Å²) >= 11 is 5.91. The number of pyridine rings is 1. The highest BCUT2D eigenvalue weighted by atomic mass is 35.5. The molecule has 2 heterocycles. The minimum Gasteiger partial charge on any atom is -0.492 e. The van der Waals surface area contributed by atoms with E-state index in [9.17, 15) is 9.50 Å². The fourth-order valence-corrected chi connectivity index (χ4v) is 3.91. The fourth-order valence-electron chi connectivity index (χ4n) is 3.78. The highest BCUT2D eigenvalue weighted by molar-refractivity contribution is 6.30. The second kappa shape index (κ2) is 11.3. The zero-order valence-electron chi connectivity index (χ0n) is 18.3. The lowest BCUT2D eigenvalue weighted by atomic mass is 9.98. The molecular formula is C27H26ClFN2O2. The summed E-state index contributed by atoms with van der Waals surface area (Å²) in [5.74, 6) is 6.53. The highest BCUT2D eigenvalue weighted by Crippen LogP contribution is 2.22. The molecule has 1 N–H and O–H groups in total. The highest BCUT2D eigenvalue weighted by Gasteiger charge is 2.17. The van der Waals surface area contributed by atoms with E-state index in [1.54, 1.807) is 18.3 Å². The monoisotopic (exact) mass is 464 g/mol. The summed E-state index contributed by atoms with van der Waals surface area (Å²) in [6, 6.07) is 16.1. The van der Waals surface area contributed by atoms with Crippen molar-refractivity contribution in [3.8, 4) is 28.7 Å². The van der Waals surface area contributed by atoms with Crippen LogP contribution in [-0.2, 0) is 0 Å². The predicted molar refractivity (Wildman–Crippen MR) is 129 cm³/mol. The first-order valence-electron chi connectivity index (χ1n) is 11.1. The molecule has 0 amide bonds. The van der Waals surface area contributed by atoms with Crippen molar-refractivity contribution in [3.05, 3.63) is 82.9 Å². The van der Waals surface area contributed by atoms with Crippen LogP contribution in [0.25, 0.3) is 11.1 Å². The molecule has 1 aliphatic rings. The van der Waals surface area contributed by atoms with E-state index in [0.717, 1.165) is 49.4 Å². The Bertz CT molecular complexity index is 1120. The summed E-state index contributed by atoms with van der Waals surface area (Å²) < 4.78 is 20.3. The minimum atomic E-state index is -0.460. The van der Waals surface area contributed by atoms with Crippen molar-refractivity contribution in [2.45, 2.75) is 12.8 Å². The van der Waals surface area contributed by atoms with Gasteiger partial charge in [0.1, 0.15) is 18.1 Å². The number of ether oxygens (including phenoxy) is 1. The molecule has 1 fully saturated rings. The molecule has 1 saturated heterocycles. The van der Waals surface area contributed by atoms with E-state index in [0.29, 0.717) is 23.1 Å². The number of likely N-dealkylation sites (tertiary alicyclic amines) is 1. The third-order valence-corrected chi connectivity index (χ3v) is 6.09. The van der Waals surface area contributed by atoms with Crippen LogP contribution in [0.4, 0.5) is 4.39 Å². The number of piperidine rings is 1.